The predicted molar refractivity (Wildman–Crippen MR) is 81.0 cm³/mol. The molecule has 3 N–H and O–H groups in total. The van der Waals surface area contributed by atoms with Crippen LogP contribution in [0, 0.1) is 0 Å². The Kier molecular flexibility index (Phi) is 4.54. The Labute approximate surface area is 126 Å². The first-order valence-corrected chi connectivity index (χ1v) is 8.29. The number of halogens is 1. The lowest BCUT2D eigenvalue weighted by atomic mass is 10.3. The Morgan fingerprint density at radius 2 is 2.10 bits per heavy atom. The van der Waals surface area contributed by atoms with E-state index in [4.69, 9.17) is 22.1 Å². The van der Waals surface area contributed by atoms with Crippen LogP contribution in [0.2, 0.25) is 5.02 Å². The number of benzene rings is 1. The summed E-state index contributed by atoms with van der Waals surface area (Å²) in [6.07, 6.45) is 0. The van der Waals surface area contributed by atoms with Gasteiger partial charge in [-0.15, -0.1) is 11.3 Å². The van der Waals surface area contributed by atoms with Gasteiger partial charge in [0.15, 0.2) is 0 Å². The average Bonchev–Trinajstić information content (AvgIpc) is 2.90. The third-order valence-corrected chi connectivity index (χ3v) is 5.80. The summed E-state index contributed by atoms with van der Waals surface area (Å²) in [7, 11) is -2.16. The van der Waals surface area contributed by atoms with Crippen molar-refractivity contribution in [3.63, 3.8) is 0 Å². The second-order valence-electron chi connectivity index (χ2n) is 3.88. The summed E-state index contributed by atoms with van der Waals surface area (Å²) in [6, 6.07) is 7.89. The highest BCUT2D eigenvalue weighted by Crippen LogP contribution is 2.29. The highest BCUT2D eigenvalue weighted by atomic mass is 35.5. The zero-order valence-electron chi connectivity index (χ0n) is 10.6. The van der Waals surface area contributed by atoms with Crippen molar-refractivity contribution in [1.29, 1.82) is 0 Å². The van der Waals surface area contributed by atoms with E-state index in [2.05, 4.69) is 4.72 Å². The van der Waals surface area contributed by atoms with Gasteiger partial charge in [-0.2, -0.15) is 0 Å². The Balaban J connectivity index is 2.28. The van der Waals surface area contributed by atoms with Crippen LogP contribution >= 0.6 is 22.9 Å². The molecule has 8 heteroatoms. The zero-order chi connectivity index (χ0) is 14.8. The molecule has 0 aliphatic carbocycles. The molecule has 0 bridgehead atoms. The molecule has 0 atom stereocenters. The summed E-state index contributed by atoms with van der Waals surface area (Å²) in [5.41, 5.74) is 5.86. The largest absolute Gasteiger partial charge is 0.495 e. The molecule has 2 aromatic rings. The van der Waals surface area contributed by atoms with E-state index in [-0.39, 0.29) is 4.21 Å². The monoisotopic (exact) mass is 332 g/mol. The Morgan fingerprint density at radius 3 is 2.70 bits per heavy atom. The fraction of sp³-hybridized carbons (Fsp3) is 0.167. The molecule has 108 valence electrons. The van der Waals surface area contributed by atoms with Crippen LogP contribution < -0.4 is 15.2 Å². The zero-order valence-corrected chi connectivity index (χ0v) is 13.0. The van der Waals surface area contributed by atoms with E-state index in [0.29, 0.717) is 23.0 Å². The number of sulfonamides is 1. The number of ether oxygens (including phenoxy) is 1. The van der Waals surface area contributed by atoms with Crippen molar-refractivity contribution in [2.24, 2.45) is 5.73 Å². The summed E-state index contributed by atoms with van der Waals surface area (Å²) >= 11 is 7.03. The van der Waals surface area contributed by atoms with Gasteiger partial charge in [-0.25, -0.2) is 8.42 Å². The molecule has 1 aromatic heterocycles. The SMILES string of the molecule is COc1cc(NS(=O)(=O)c2ccc(CN)s2)ccc1Cl. The predicted octanol–water partition coefficient (Wildman–Crippen LogP) is 2.67. The molecule has 0 fully saturated rings. The van der Waals surface area contributed by atoms with Gasteiger partial charge < -0.3 is 10.5 Å². The van der Waals surface area contributed by atoms with E-state index in [1.54, 1.807) is 18.2 Å². The van der Waals surface area contributed by atoms with Crippen molar-refractivity contribution in [3.8, 4) is 5.75 Å². The van der Waals surface area contributed by atoms with Gasteiger partial charge >= 0.3 is 0 Å². The molecule has 1 aromatic carbocycles. The fourth-order valence-corrected chi connectivity index (χ4v) is 4.02. The van der Waals surface area contributed by atoms with Crippen LogP contribution in [-0.4, -0.2) is 15.5 Å². The number of nitrogens with one attached hydrogen (secondary N) is 1. The minimum atomic E-state index is -3.63. The molecular formula is C12H13ClN2O3S2. The summed E-state index contributed by atoms with van der Waals surface area (Å²) in [4.78, 5) is 0.805. The standard InChI is InChI=1S/C12H13ClN2O3S2/c1-18-11-6-8(2-4-10(11)13)15-20(16,17)12-5-3-9(7-14)19-12/h2-6,15H,7,14H2,1H3. The van der Waals surface area contributed by atoms with Gasteiger partial charge in [0.25, 0.3) is 10.0 Å². The lowest BCUT2D eigenvalue weighted by Gasteiger charge is -2.09. The first-order chi connectivity index (χ1) is 9.46. The van der Waals surface area contributed by atoms with E-state index in [0.717, 1.165) is 16.2 Å². The molecule has 0 amide bonds. The average molecular weight is 333 g/mol. The second-order valence-corrected chi connectivity index (χ2v) is 7.36. The van der Waals surface area contributed by atoms with Crippen LogP contribution in [0.1, 0.15) is 4.88 Å². The van der Waals surface area contributed by atoms with Crippen molar-refractivity contribution >= 4 is 38.6 Å². The van der Waals surface area contributed by atoms with Crippen molar-refractivity contribution in [1.82, 2.24) is 0 Å². The summed E-state index contributed by atoms with van der Waals surface area (Å²) in [5.74, 6) is 0.403. The van der Waals surface area contributed by atoms with Crippen molar-refractivity contribution in [2.75, 3.05) is 11.8 Å². The van der Waals surface area contributed by atoms with Gasteiger partial charge in [0.1, 0.15) is 9.96 Å². The highest BCUT2D eigenvalue weighted by Gasteiger charge is 2.17. The third kappa shape index (κ3) is 3.24. The van der Waals surface area contributed by atoms with Crippen LogP contribution in [-0.2, 0) is 16.6 Å². The number of hydrogen-bond acceptors (Lipinski definition) is 5. The Hall–Kier alpha value is -1.28. The second kappa shape index (κ2) is 6.01. The quantitative estimate of drug-likeness (QED) is 0.882. The topological polar surface area (TPSA) is 81.4 Å². The molecule has 0 aliphatic heterocycles. The van der Waals surface area contributed by atoms with Crippen molar-refractivity contribution < 1.29 is 13.2 Å². The van der Waals surface area contributed by atoms with E-state index >= 15 is 0 Å². The first kappa shape index (κ1) is 15.1. The fourth-order valence-electron chi connectivity index (χ4n) is 1.54. The van der Waals surface area contributed by atoms with Crippen LogP contribution in [0.15, 0.2) is 34.5 Å². The van der Waals surface area contributed by atoms with Gasteiger partial charge in [-0.3, -0.25) is 4.72 Å². The van der Waals surface area contributed by atoms with Gasteiger partial charge in [-0.05, 0) is 24.3 Å². The smallest absolute Gasteiger partial charge is 0.271 e. The Bertz CT molecular complexity index is 713. The summed E-state index contributed by atoms with van der Waals surface area (Å²) in [6.45, 7) is 0.314. The molecule has 0 saturated heterocycles. The van der Waals surface area contributed by atoms with E-state index < -0.39 is 10.0 Å². The first-order valence-electron chi connectivity index (χ1n) is 5.61. The third-order valence-electron chi connectivity index (χ3n) is 2.51. The molecule has 0 saturated carbocycles. The van der Waals surface area contributed by atoms with Gasteiger partial charge in [0, 0.05) is 17.5 Å². The van der Waals surface area contributed by atoms with Crippen LogP contribution in [0.25, 0.3) is 0 Å². The van der Waals surface area contributed by atoms with E-state index in [1.165, 1.54) is 19.2 Å². The van der Waals surface area contributed by atoms with Gasteiger partial charge in [-0.1, -0.05) is 11.6 Å². The van der Waals surface area contributed by atoms with Gasteiger partial charge in [0.2, 0.25) is 0 Å². The number of anilines is 1. The number of methoxy groups -OCH3 is 1. The molecule has 5 nitrogen and oxygen atoms in total. The number of rotatable bonds is 5. The Morgan fingerprint density at radius 1 is 1.35 bits per heavy atom. The molecule has 0 radical (unpaired) electrons. The lowest BCUT2D eigenvalue weighted by Crippen LogP contribution is -2.11. The normalized spacial score (nSPS) is 11.3. The van der Waals surface area contributed by atoms with Gasteiger partial charge in [0.05, 0.1) is 17.8 Å². The molecule has 0 unspecified atom stereocenters. The molecule has 1 heterocycles. The molecule has 0 aliphatic rings. The maximum atomic E-state index is 12.2. The molecule has 2 rings (SSSR count). The minimum absolute atomic E-state index is 0.215. The maximum Gasteiger partial charge on any atom is 0.271 e. The summed E-state index contributed by atoms with van der Waals surface area (Å²) < 4.78 is 32.1. The minimum Gasteiger partial charge on any atom is -0.495 e. The van der Waals surface area contributed by atoms with Crippen molar-refractivity contribution in [3.05, 3.63) is 40.2 Å². The van der Waals surface area contributed by atoms with E-state index in [1.807, 2.05) is 0 Å². The van der Waals surface area contributed by atoms with Crippen molar-refractivity contribution in [2.45, 2.75) is 10.8 Å². The summed E-state index contributed by atoms with van der Waals surface area (Å²) in [5, 5.41) is 0.414. The maximum absolute atomic E-state index is 12.2. The van der Waals surface area contributed by atoms with Crippen LogP contribution in [0.5, 0.6) is 5.75 Å². The number of nitrogens with two attached hydrogens (primary N) is 1. The highest BCUT2D eigenvalue weighted by molar-refractivity contribution is 7.94. The lowest BCUT2D eigenvalue weighted by molar-refractivity contribution is 0.415. The molecule has 20 heavy (non-hydrogen) atoms. The van der Waals surface area contributed by atoms with Crippen LogP contribution in [0.4, 0.5) is 5.69 Å². The molecule has 0 spiro atoms. The molecular weight excluding hydrogens is 320 g/mol. The van der Waals surface area contributed by atoms with Crippen LogP contribution in [0.3, 0.4) is 0 Å². The number of thiophene rings is 1. The number of hydrogen-bond donors (Lipinski definition) is 2. The van der Waals surface area contributed by atoms with E-state index in [9.17, 15) is 8.42 Å².